The lowest BCUT2D eigenvalue weighted by atomic mass is 9.98. The molecular formula is C15H18N2O6. The monoisotopic (exact) mass is 322 g/mol. The number of ether oxygens (including phenoxy) is 1. The molecule has 2 atom stereocenters. The van der Waals surface area contributed by atoms with E-state index in [2.05, 4.69) is 5.32 Å². The Morgan fingerprint density at radius 1 is 1.22 bits per heavy atom. The number of rotatable bonds is 4. The quantitative estimate of drug-likeness (QED) is 0.773. The predicted molar refractivity (Wildman–Crippen MR) is 78.9 cm³/mol. The summed E-state index contributed by atoms with van der Waals surface area (Å²) in [6.45, 7) is 0.166. The summed E-state index contributed by atoms with van der Waals surface area (Å²) < 4.78 is 5.07. The van der Waals surface area contributed by atoms with Gasteiger partial charge in [-0.3, -0.25) is 4.90 Å². The highest BCUT2D eigenvalue weighted by Gasteiger charge is 2.36. The van der Waals surface area contributed by atoms with Crippen LogP contribution in [0.4, 0.5) is 9.59 Å². The Labute approximate surface area is 132 Å². The van der Waals surface area contributed by atoms with Crippen LogP contribution in [-0.4, -0.2) is 51.9 Å². The van der Waals surface area contributed by atoms with Crippen molar-refractivity contribution in [1.82, 2.24) is 10.2 Å². The molecule has 0 saturated carbocycles. The second-order valence-electron chi connectivity index (χ2n) is 5.26. The molecule has 2 amide bonds. The zero-order valence-corrected chi connectivity index (χ0v) is 12.3. The van der Waals surface area contributed by atoms with Crippen LogP contribution in [0.15, 0.2) is 30.3 Å². The Bertz CT molecular complexity index is 577. The second kappa shape index (κ2) is 7.48. The number of carbonyl (C=O) groups is 3. The molecule has 0 aromatic heterocycles. The van der Waals surface area contributed by atoms with Gasteiger partial charge in [-0.1, -0.05) is 30.3 Å². The number of carboxylic acids is 1. The van der Waals surface area contributed by atoms with Crippen molar-refractivity contribution in [3.8, 4) is 0 Å². The first-order chi connectivity index (χ1) is 11.0. The van der Waals surface area contributed by atoms with Crippen molar-refractivity contribution in [1.29, 1.82) is 0 Å². The van der Waals surface area contributed by atoms with Gasteiger partial charge in [0.05, 0.1) is 0 Å². The molecule has 1 aliphatic heterocycles. The fraction of sp³-hybridized carbons (Fsp3) is 0.400. The van der Waals surface area contributed by atoms with Crippen molar-refractivity contribution in [3.05, 3.63) is 35.9 Å². The highest BCUT2D eigenvalue weighted by atomic mass is 16.5. The average molecular weight is 322 g/mol. The van der Waals surface area contributed by atoms with E-state index >= 15 is 0 Å². The molecule has 1 aliphatic rings. The number of hydrogen-bond donors (Lipinski definition) is 3. The maximum Gasteiger partial charge on any atom is 0.408 e. The summed E-state index contributed by atoms with van der Waals surface area (Å²) in [6.07, 6.45) is -1.56. The van der Waals surface area contributed by atoms with E-state index in [1.807, 2.05) is 30.3 Å². The van der Waals surface area contributed by atoms with Gasteiger partial charge in [0.2, 0.25) is 0 Å². The molecule has 0 spiro atoms. The van der Waals surface area contributed by atoms with E-state index < -0.39 is 30.2 Å². The number of hydrogen-bond acceptors (Lipinski definition) is 4. The van der Waals surface area contributed by atoms with E-state index in [0.29, 0.717) is 6.42 Å². The number of amides is 2. The molecule has 8 heteroatoms. The minimum Gasteiger partial charge on any atom is -0.480 e. The van der Waals surface area contributed by atoms with Gasteiger partial charge in [-0.15, -0.1) is 0 Å². The number of carbonyl (C=O) groups excluding carboxylic acids is 1. The van der Waals surface area contributed by atoms with Gasteiger partial charge in [0, 0.05) is 12.6 Å². The highest BCUT2D eigenvalue weighted by Crippen LogP contribution is 2.18. The smallest absolute Gasteiger partial charge is 0.408 e. The topological polar surface area (TPSA) is 116 Å². The van der Waals surface area contributed by atoms with Gasteiger partial charge in [-0.2, -0.15) is 0 Å². The summed E-state index contributed by atoms with van der Waals surface area (Å²) in [5.41, 5.74) is 0.840. The van der Waals surface area contributed by atoms with E-state index in [0.717, 1.165) is 10.5 Å². The van der Waals surface area contributed by atoms with Crippen molar-refractivity contribution in [2.24, 2.45) is 0 Å². The summed E-state index contributed by atoms with van der Waals surface area (Å²) in [5.74, 6) is -1.23. The standard InChI is InChI=1S/C15H18N2O6/c18-13(19)12-8-11(6-7-17(12)15(21)22)16-14(20)23-9-10-4-2-1-3-5-10/h1-5,11-12H,6-9H2,(H,16,20)(H,18,19)(H,21,22)/t11?,12-/m0/s1. The minimum atomic E-state index is -1.28. The largest absolute Gasteiger partial charge is 0.480 e. The molecule has 8 nitrogen and oxygen atoms in total. The first kappa shape index (κ1) is 16.6. The van der Waals surface area contributed by atoms with Gasteiger partial charge in [-0.25, -0.2) is 14.4 Å². The SMILES string of the molecule is O=C(NC1CCN(C(=O)O)[C@H](C(=O)O)C1)OCc1ccccc1. The second-order valence-corrected chi connectivity index (χ2v) is 5.26. The van der Waals surface area contributed by atoms with E-state index in [9.17, 15) is 14.4 Å². The van der Waals surface area contributed by atoms with Crippen LogP contribution in [0.3, 0.4) is 0 Å². The molecule has 3 N–H and O–H groups in total. The Balaban J connectivity index is 1.84. The van der Waals surface area contributed by atoms with Crippen LogP contribution in [0, 0.1) is 0 Å². The molecule has 2 rings (SSSR count). The van der Waals surface area contributed by atoms with Gasteiger partial charge < -0.3 is 20.3 Å². The number of carboxylic acid groups (broad SMARTS) is 2. The first-order valence-corrected chi connectivity index (χ1v) is 7.17. The van der Waals surface area contributed by atoms with Crippen LogP contribution in [-0.2, 0) is 16.1 Å². The Hall–Kier alpha value is -2.77. The van der Waals surface area contributed by atoms with Gasteiger partial charge >= 0.3 is 18.2 Å². The van der Waals surface area contributed by atoms with Crippen LogP contribution >= 0.6 is 0 Å². The van der Waals surface area contributed by atoms with Crippen molar-refractivity contribution in [3.63, 3.8) is 0 Å². The number of likely N-dealkylation sites (tertiary alicyclic amines) is 1. The maximum absolute atomic E-state index is 11.8. The third-order valence-electron chi connectivity index (χ3n) is 3.67. The molecule has 23 heavy (non-hydrogen) atoms. The molecule has 1 fully saturated rings. The molecule has 124 valence electrons. The van der Waals surface area contributed by atoms with Crippen LogP contribution in [0.5, 0.6) is 0 Å². The molecule has 0 aliphatic carbocycles. The lowest BCUT2D eigenvalue weighted by Crippen LogP contribution is -2.54. The molecular weight excluding hydrogens is 304 g/mol. The van der Waals surface area contributed by atoms with Gasteiger partial charge in [0.25, 0.3) is 0 Å². The van der Waals surface area contributed by atoms with Gasteiger partial charge in [0.15, 0.2) is 0 Å². The van der Waals surface area contributed by atoms with Crippen molar-refractivity contribution in [2.75, 3.05) is 6.54 Å². The summed E-state index contributed by atoms with van der Waals surface area (Å²) >= 11 is 0. The Morgan fingerprint density at radius 2 is 1.91 bits per heavy atom. The third-order valence-corrected chi connectivity index (χ3v) is 3.67. The Morgan fingerprint density at radius 3 is 2.52 bits per heavy atom. The summed E-state index contributed by atoms with van der Waals surface area (Å²) in [5, 5.41) is 20.7. The minimum absolute atomic E-state index is 0.0159. The van der Waals surface area contributed by atoms with Crippen molar-refractivity contribution < 1.29 is 29.3 Å². The predicted octanol–water partition coefficient (Wildman–Crippen LogP) is 1.51. The van der Waals surface area contributed by atoms with Crippen molar-refractivity contribution >= 4 is 18.2 Å². The zero-order valence-electron chi connectivity index (χ0n) is 12.3. The fourth-order valence-corrected chi connectivity index (χ4v) is 2.49. The van der Waals surface area contributed by atoms with Gasteiger partial charge in [0.1, 0.15) is 12.6 Å². The van der Waals surface area contributed by atoms with Crippen LogP contribution in [0.25, 0.3) is 0 Å². The molecule has 1 aromatic carbocycles. The average Bonchev–Trinajstić information content (AvgIpc) is 2.53. The van der Waals surface area contributed by atoms with Crippen LogP contribution in [0.2, 0.25) is 0 Å². The number of nitrogens with one attached hydrogen (secondary N) is 1. The molecule has 0 bridgehead atoms. The van der Waals surface area contributed by atoms with E-state index in [1.54, 1.807) is 0 Å². The number of aliphatic carboxylic acids is 1. The fourth-order valence-electron chi connectivity index (χ4n) is 2.49. The van der Waals surface area contributed by atoms with E-state index in [1.165, 1.54) is 0 Å². The first-order valence-electron chi connectivity index (χ1n) is 7.17. The molecule has 1 saturated heterocycles. The maximum atomic E-state index is 11.8. The molecule has 1 unspecified atom stereocenters. The van der Waals surface area contributed by atoms with E-state index in [4.69, 9.17) is 14.9 Å². The number of nitrogens with zero attached hydrogens (tertiary/aromatic N) is 1. The van der Waals surface area contributed by atoms with E-state index in [-0.39, 0.29) is 19.6 Å². The van der Waals surface area contributed by atoms with Crippen LogP contribution in [0.1, 0.15) is 18.4 Å². The lowest BCUT2D eigenvalue weighted by Gasteiger charge is -2.35. The number of piperidine rings is 1. The number of benzene rings is 1. The lowest BCUT2D eigenvalue weighted by molar-refractivity contribution is -0.144. The van der Waals surface area contributed by atoms with Gasteiger partial charge in [-0.05, 0) is 18.4 Å². The molecule has 1 heterocycles. The number of alkyl carbamates (subject to hydrolysis) is 1. The summed E-state index contributed by atoms with van der Waals surface area (Å²) in [7, 11) is 0. The van der Waals surface area contributed by atoms with Crippen molar-refractivity contribution in [2.45, 2.75) is 31.5 Å². The summed E-state index contributed by atoms with van der Waals surface area (Å²) in [6, 6.07) is 7.55. The molecule has 1 aromatic rings. The third kappa shape index (κ3) is 4.60. The molecule has 0 radical (unpaired) electrons. The normalized spacial score (nSPS) is 20.6. The summed E-state index contributed by atoms with van der Waals surface area (Å²) in [4.78, 5) is 34.8. The Kier molecular flexibility index (Phi) is 5.40. The zero-order chi connectivity index (χ0) is 16.8. The highest BCUT2D eigenvalue weighted by molar-refractivity contribution is 5.79. The van der Waals surface area contributed by atoms with Crippen LogP contribution < -0.4 is 5.32 Å².